The average molecular weight is 356 g/mol. The number of carbonyl (C=O) groups excluding carboxylic acids is 1. The Morgan fingerprint density at radius 3 is 2.85 bits per heavy atom. The quantitative estimate of drug-likeness (QED) is 0.845. The number of hydrogen-bond acceptors (Lipinski definition) is 4. The number of pyridine rings is 1. The highest BCUT2D eigenvalue weighted by Crippen LogP contribution is 2.25. The monoisotopic (exact) mass is 354 g/mol. The van der Waals surface area contributed by atoms with Crippen molar-refractivity contribution in [2.24, 2.45) is 0 Å². The lowest BCUT2D eigenvalue weighted by atomic mass is 10.2. The van der Waals surface area contributed by atoms with Crippen LogP contribution in [0.4, 0.5) is 5.69 Å². The molecule has 0 amide bonds. The molecule has 2 aromatic rings. The SMILES string of the molecule is COC(=O)c1ccc(CNc2cc(Br)ccc2Cl)nc1. The lowest BCUT2D eigenvalue weighted by Crippen LogP contribution is -2.05. The van der Waals surface area contributed by atoms with E-state index in [0.717, 1.165) is 15.9 Å². The zero-order valence-corrected chi connectivity index (χ0v) is 13.0. The van der Waals surface area contributed by atoms with Crippen molar-refractivity contribution in [3.8, 4) is 0 Å². The minimum Gasteiger partial charge on any atom is -0.465 e. The highest BCUT2D eigenvalue weighted by molar-refractivity contribution is 9.10. The molecule has 2 rings (SSSR count). The second kappa shape index (κ2) is 6.72. The van der Waals surface area contributed by atoms with Gasteiger partial charge < -0.3 is 10.1 Å². The fourth-order valence-corrected chi connectivity index (χ4v) is 2.13. The van der Waals surface area contributed by atoms with Gasteiger partial charge in [0.15, 0.2) is 0 Å². The number of aromatic nitrogens is 1. The van der Waals surface area contributed by atoms with Gasteiger partial charge in [0.1, 0.15) is 0 Å². The molecule has 0 saturated carbocycles. The number of methoxy groups -OCH3 is 1. The van der Waals surface area contributed by atoms with Gasteiger partial charge in [-0.15, -0.1) is 0 Å². The summed E-state index contributed by atoms with van der Waals surface area (Å²) >= 11 is 9.47. The van der Waals surface area contributed by atoms with Crippen LogP contribution in [0.15, 0.2) is 41.0 Å². The molecular formula is C14H12BrClN2O2. The van der Waals surface area contributed by atoms with E-state index in [2.05, 4.69) is 31.0 Å². The van der Waals surface area contributed by atoms with Crippen molar-refractivity contribution in [1.82, 2.24) is 4.98 Å². The van der Waals surface area contributed by atoms with Gasteiger partial charge in [-0.1, -0.05) is 27.5 Å². The van der Waals surface area contributed by atoms with Crippen molar-refractivity contribution >= 4 is 39.2 Å². The fourth-order valence-electron chi connectivity index (χ4n) is 1.59. The zero-order valence-electron chi connectivity index (χ0n) is 10.7. The molecule has 0 spiro atoms. The van der Waals surface area contributed by atoms with Gasteiger partial charge in [-0.2, -0.15) is 0 Å². The van der Waals surface area contributed by atoms with Crippen LogP contribution >= 0.6 is 27.5 Å². The maximum Gasteiger partial charge on any atom is 0.339 e. The standard InChI is InChI=1S/C14H12BrClN2O2/c1-20-14(19)9-2-4-11(17-7-9)8-18-13-6-10(15)3-5-12(13)16/h2-7,18H,8H2,1H3. The van der Waals surface area contributed by atoms with Crippen LogP contribution in [0.3, 0.4) is 0 Å². The molecule has 0 saturated heterocycles. The number of benzene rings is 1. The topological polar surface area (TPSA) is 51.2 Å². The summed E-state index contributed by atoms with van der Waals surface area (Å²) in [6, 6.07) is 9.02. The van der Waals surface area contributed by atoms with Crippen molar-refractivity contribution in [2.45, 2.75) is 6.54 Å². The van der Waals surface area contributed by atoms with E-state index >= 15 is 0 Å². The predicted molar refractivity (Wildman–Crippen MR) is 82.1 cm³/mol. The molecule has 1 N–H and O–H groups in total. The molecule has 1 heterocycles. The molecule has 0 atom stereocenters. The molecule has 104 valence electrons. The van der Waals surface area contributed by atoms with Crippen LogP contribution < -0.4 is 5.32 Å². The molecule has 0 unspecified atom stereocenters. The third-order valence-corrected chi connectivity index (χ3v) is 3.46. The molecule has 0 aliphatic carbocycles. The fraction of sp³-hybridized carbons (Fsp3) is 0.143. The number of hydrogen-bond donors (Lipinski definition) is 1. The number of carbonyl (C=O) groups is 1. The second-order valence-corrected chi connectivity index (χ2v) is 5.33. The van der Waals surface area contributed by atoms with Crippen molar-refractivity contribution in [3.63, 3.8) is 0 Å². The molecule has 0 aliphatic heterocycles. The van der Waals surface area contributed by atoms with Crippen LogP contribution in [-0.4, -0.2) is 18.1 Å². The minimum absolute atomic E-state index is 0.396. The summed E-state index contributed by atoms with van der Waals surface area (Å²) in [7, 11) is 1.34. The van der Waals surface area contributed by atoms with Crippen LogP contribution in [0.1, 0.15) is 16.1 Å². The summed E-state index contributed by atoms with van der Waals surface area (Å²) in [6.07, 6.45) is 1.49. The Balaban J connectivity index is 2.04. The lowest BCUT2D eigenvalue weighted by Gasteiger charge is -2.08. The first-order valence-electron chi connectivity index (χ1n) is 5.82. The molecule has 1 aromatic heterocycles. The van der Waals surface area contributed by atoms with E-state index in [0.29, 0.717) is 17.1 Å². The summed E-state index contributed by atoms with van der Waals surface area (Å²) in [5.74, 6) is -0.396. The smallest absolute Gasteiger partial charge is 0.339 e. The Kier molecular flexibility index (Phi) is 4.98. The highest BCUT2D eigenvalue weighted by Gasteiger charge is 2.06. The van der Waals surface area contributed by atoms with E-state index < -0.39 is 5.97 Å². The Labute approximate surface area is 130 Å². The number of nitrogens with zero attached hydrogens (tertiary/aromatic N) is 1. The van der Waals surface area contributed by atoms with E-state index in [4.69, 9.17) is 11.6 Å². The molecule has 0 aliphatic rings. The predicted octanol–water partition coefficient (Wildman–Crippen LogP) is 3.90. The number of nitrogens with one attached hydrogen (secondary N) is 1. The largest absolute Gasteiger partial charge is 0.465 e. The highest BCUT2D eigenvalue weighted by atomic mass is 79.9. The first kappa shape index (κ1) is 14.8. The number of anilines is 1. The van der Waals surface area contributed by atoms with Gasteiger partial charge in [0, 0.05) is 10.7 Å². The minimum atomic E-state index is -0.396. The van der Waals surface area contributed by atoms with E-state index in [-0.39, 0.29) is 0 Å². The molecule has 0 fully saturated rings. The van der Waals surface area contributed by atoms with Gasteiger partial charge in [0.2, 0.25) is 0 Å². The number of halogens is 2. The first-order valence-corrected chi connectivity index (χ1v) is 6.99. The summed E-state index contributed by atoms with van der Waals surface area (Å²) in [4.78, 5) is 15.5. The van der Waals surface area contributed by atoms with E-state index in [1.807, 2.05) is 18.2 Å². The summed E-state index contributed by atoms with van der Waals surface area (Å²) in [6.45, 7) is 0.512. The lowest BCUT2D eigenvalue weighted by molar-refractivity contribution is 0.0600. The van der Waals surface area contributed by atoms with Gasteiger partial charge >= 0.3 is 5.97 Å². The molecule has 1 aromatic carbocycles. The van der Waals surface area contributed by atoms with Crippen molar-refractivity contribution < 1.29 is 9.53 Å². The number of esters is 1. The molecule has 20 heavy (non-hydrogen) atoms. The van der Waals surface area contributed by atoms with E-state index in [9.17, 15) is 4.79 Å². The molecule has 0 radical (unpaired) electrons. The van der Waals surface area contributed by atoms with Gasteiger partial charge in [-0.25, -0.2) is 4.79 Å². The van der Waals surface area contributed by atoms with Crippen LogP contribution in [-0.2, 0) is 11.3 Å². The Morgan fingerprint density at radius 2 is 2.20 bits per heavy atom. The van der Waals surface area contributed by atoms with Gasteiger partial charge in [-0.3, -0.25) is 4.98 Å². The van der Waals surface area contributed by atoms with E-state index in [1.165, 1.54) is 13.3 Å². The van der Waals surface area contributed by atoms with Crippen LogP contribution in [0.2, 0.25) is 5.02 Å². The van der Waals surface area contributed by atoms with Gasteiger partial charge in [-0.05, 0) is 30.3 Å². The van der Waals surface area contributed by atoms with Crippen LogP contribution in [0, 0.1) is 0 Å². The Hall–Kier alpha value is -1.59. The normalized spacial score (nSPS) is 10.2. The Morgan fingerprint density at radius 1 is 1.40 bits per heavy atom. The van der Waals surface area contributed by atoms with Crippen molar-refractivity contribution in [1.29, 1.82) is 0 Å². The third kappa shape index (κ3) is 3.71. The summed E-state index contributed by atoms with van der Waals surface area (Å²) in [5.41, 5.74) is 2.05. The average Bonchev–Trinajstić information content (AvgIpc) is 2.48. The molecular weight excluding hydrogens is 344 g/mol. The number of ether oxygens (including phenoxy) is 1. The van der Waals surface area contributed by atoms with Crippen LogP contribution in [0.25, 0.3) is 0 Å². The third-order valence-electron chi connectivity index (χ3n) is 2.63. The Bertz CT molecular complexity index is 617. The molecule has 0 bridgehead atoms. The molecule has 6 heteroatoms. The van der Waals surface area contributed by atoms with Crippen molar-refractivity contribution in [2.75, 3.05) is 12.4 Å². The maximum absolute atomic E-state index is 11.3. The van der Waals surface area contributed by atoms with E-state index in [1.54, 1.807) is 12.1 Å². The summed E-state index contributed by atoms with van der Waals surface area (Å²) < 4.78 is 5.56. The van der Waals surface area contributed by atoms with Gasteiger partial charge in [0.05, 0.1) is 35.6 Å². The second-order valence-electron chi connectivity index (χ2n) is 4.01. The number of rotatable bonds is 4. The first-order chi connectivity index (χ1) is 9.60. The molecule has 4 nitrogen and oxygen atoms in total. The zero-order chi connectivity index (χ0) is 14.5. The maximum atomic E-state index is 11.3. The van der Waals surface area contributed by atoms with Crippen molar-refractivity contribution in [3.05, 3.63) is 57.3 Å². The van der Waals surface area contributed by atoms with Crippen LogP contribution in [0.5, 0.6) is 0 Å². The summed E-state index contributed by atoms with van der Waals surface area (Å²) in [5, 5.41) is 3.83. The van der Waals surface area contributed by atoms with Gasteiger partial charge in [0.25, 0.3) is 0 Å².